The Morgan fingerprint density at radius 1 is 1.03 bits per heavy atom. The van der Waals surface area contributed by atoms with Gasteiger partial charge in [-0.3, -0.25) is 4.79 Å². The van der Waals surface area contributed by atoms with Gasteiger partial charge in [0.25, 0.3) is 5.91 Å². The number of hydrogen-bond donors (Lipinski definition) is 1. The van der Waals surface area contributed by atoms with E-state index in [1.807, 2.05) is 47.8 Å². The first-order chi connectivity index (χ1) is 15.6. The average molecular weight is 477 g/mol. The molecule has 1 amide bonds. The number of amides is 1. The largest absolute Gasteiger partial charge is 0.493 e. The van der Waals surface area contributed by atoms with Gasteiger partial charge in [0.2, 0.25) is 0 Å². The Hall–Kier alpha value is -2.85. The van der Waals surface area contributed by atoms with Gasteiger partial charge in [-0.05, 0) is 41.5 Å². The Labute approximate surface area is 195 Å². The summed E-state index contributed by atoms with van der Waals surface area (Å²) in [5.74, 6) is 2.92. The molecule has 10 heteroatoms. The van der Waals surface area contributed by atoms with Crippen molar-refractivity contribution < 1.29 is 28.5 Å². The number of hydrazone groups is 1. The molecule has 3 rings (SSSR count). The van der Waals surface area contributed by atoms with E-state index in [1.165, 1.54) is 37.5 Å². The summed E-state index contributed by atoms with van der Waals surface area (Å²) in [6.45, 7) is -0.370. The fourth-order valence-electron chi connectivity index (χ4n) is 2.71. The van der Waals surface area contributed by atoms with Crippen LogP contribution in [0.15, 0.2) is 47.6 Å². The predicted molar refractivity (Wildman–Crippen MR) is 126 cm³/mol. The van der Waals surface area contributed by atoms with Gasteiger partial charge in [-0.2, -0.15) is 5.10 Å². The zero-order chi connectivity index (χ0) is 22.8. The van der Waals surface area contributed by atoms with E-state index in [0.29, 0.717) is 27.4 Å². The van der Waals surface area contributed by atoms with Crippen molar-refractivity contribution >= 4 is 41.6 Å². The molecule has 2 aromatic carbocycles. The lowest BCUT2D eigenvalue weighted by Gasteiger charge is -2.10. The fourth-order valence-corrected chi connectivity index (χ4v) is 5.57. The summed E-state index contributed by atoms with van der Waals surface area (Å²) in [6.07, 6.45) is 1.47. The second-order valence-electron chi connectivity index (χ2n) is 6.50. The Balaban J connectivity index is 1.45. The first kappa shape index (κ1) is 23.8. The van der Waals surface area contributed by atoms with Crippen LogP contribution in [0, 0.1) is 0 Å². The Morgan fingerprint density at radius 3 is 2.47 bits per heavy atom. The molecule has 1 fully saturated rings. The first-order valence-electron chi connectivity index (χ1n) is 9.74. The van der Waals surface area contributed by atoms with E-state index in [-0.39, 0.29) is 19.1 Å². The van der Waals surface area contributed by atoms with Gasteiger partial charge in [0.15, 0.2) is 24.7 Å². The molecular weight excluding hydrogens is 452 g/mol. The van der Waals surface area contributed by atoms with E-state index in [1.54, 1.807) is 18.2 Å². The highest BCUT2D eigenvalue weighted by molar-refractivity contribution is 8.19. The second kappa shape index (κ2) is 12.3. The minimum atomic E-state index is -0.495. The number of nitrogens with zero attached hydrogens (tertiary/aromatic N) is 1. The van der Waals surface area contributed by atoms with E-state index in [2.05, 4.69) is 15.3 Å². The fraction of sp³-hybridized carbons (Fsp3) is 0.318. The van der Waals surface area contributed by atoms with Gasteiger partial charge in [0.05, 0.1) is 25.0 Å². The lowest BCUT2D eigenvalue weighted by atomic mass is 10.2. The highest BCUT2D eigenvalue weighted by Crippen LogP contribution is 2.45. The van der Waals surface area contributed by atoms with Crippen molar-refractivity contribution in [2.45, 2.75) is 4.58 Å². The van der Waals surface area contributed by atoms with Crippen molar-refractivity contribution in [3.05, 3.63) is 53.6 Å². The molecule has 0 aromatic heterocycles. The molecule has 0 aliphatic carbocycles. The number of nitrogens with one attached hydrogen (secondary N) is 1. The van der Waals surface area contributed by atoms with Crippen molar-refractivity contribution in [2.24, 2.45) is 5.10 Å². The van der Waals surface area contributed by atoms with Crippen molar-refractivity contribution in [1.82, 2.24) is 5.43 Å². The van der Waals surface area contributed by atoms with Crippen LogP contribution in [-0.2, 0) is 14.3 Å². The highest BCUT2D eigenvalue weighted by Gasteiger charge is 2.18. The molecule has 0 bridgehead atoms. The molecule has 1 N–H and O–H groups in total. The molecule has 2 aromatic rings. The summed E-state index contributed by atoms with van der Waals surface area (Å²) in [5, 5.41) is 3.93. The molecule has 1 aliphatic heterocycles. The van der Waals surface area contributed by atoms with Crippen LogP contribution in [0.5, 0.6) is 17.2 Å². The third kappa shape index (κ3) is 7.10. The van der Waals surface area contributed by atoms with E-state index in [0.717, 1.165) is 0 Å². The number of esters is 1. The number of hydrogen-bond acceptors (Lipinski definition) is 9. The van der Waals surface area contributed by atoms with Crippen molar-refractivity contribution in [1.29, 1.82) is 0 Å². The summed E-state index contributed by atoms with van der Waals surface area (Å²) in [5.41, 5.74) is 4.36. The van der Waals surface area contributed by atoms with Gasteiger partial charge in [-0.1, -0.05) is 12.1 Å². The third-order valence-electron chi connectivity index (χ3n) is 4.31. The summed E-state index contributed by atoms with van der Waals surface area (Å²) in [7, 11) is 2.77. The molecule has 32 heavy (non-hydrogen) atoms. The standard InChI is InChI=1S/C22H24N2O6S2/c1-27-19-11-15(3-8-18(19)30-14-21(26)28-2)12-23-24-20(25)13-29-17-6-4-16(5-7-17)22-31-9-10-32-22/h3-8,11-12,22H,9-10,13-14H2,1-2H3,(H,24,25)/b23-12-. The molecule has 1 saturated heterocycles. The van der Waals surface area contributed by atoms with Gasteiger partial charge in [-0.15, -0.1) is 23.5 Å². The number of rotatable bonds is 10. The lowest BCUT2D eigenvalue weighted by Crippen LogP contribution is -2.24. The predicted octanol–water partition coefficient (Wildman–Crippen LogP) is 3.25. The van der Waals surface area contributed by atoms with Crippen molar-refractivity contribution in [3.8, 4) is 17.2 Å². The molecule has 0 radical (unpaired) electrons. The topological polar surface area (TPSA) is 95.5 Å². The van der Waals surface area contributed by atoms with Crippen LogP contribution < -0.4 is 19.6 Å². The Morgan fingerprint density at radius 2 is 1.78 bits per heavy atom. The summed E-state index contributed by atoms with van der Waals surface area (Å²) in [6, 6.07) is 12.8. The zero-order valence-corrected chi connectivity index (χ0v) is 19.4. The molecular formula is C22H24N2O6S2. The minimum Gasteiger partial charge on any atom is -0.493 e. The number of benzene rings is 2. The lowest BCUT2D eigenvalue weighted by molar-refractivity contribution is -0.142. The Bertz CT molecular complexity index is 946. The smallest absolute Gasteiger partial charge is 0.343 e. The van der Waals surface area contributed by atoms with Crippen molar-refractivity contribution in [3.63, 3.8) is 0 Å². The summed E-state index contributed by atoms with van der Waals surface area (Å²) >= 11 is 3.89. The Kier molecular flexibility index (Phi) is 9.12. The van der Waals surface area contributed by atoms with Crippen LogP contribution in [0.25, 0.3) is 0 Å². The van der Waals surface area contributed by atoms with Gasteiger partial charge < -0.3 is 18.9 Å². The van der Waals surface area contributed by atoms with Crippen LogP contribution in [0.3, 0.4) is 0 Å². The number of ether oxygens (including phenoxy) is 4. The maximum absolute atomic E-state index is 12.0. The van der Waals surface area contributed by atoms with Crippen molar-refractivity contribution in [2.75, 3.05) is 38.9 Å². The van der Waals surface area contributed by atoms with Crippen LogP contribution >= 0.6 is 23.5 Å². The highest BCUT2D eigenvalue weighted by atomic mass is 32.2. The molecule has 8 nitrogen and oxygen atoms in total. The van der Waals surface area contributed by atoms with Gasteiger partial charge in [-0.25, -0.2) is 10.2 Å². The SMILES string of the molecule is COC(=O)COc1ccc(/C=N\NC(=O)COc2ccc(C3SCCS3)cc2)cc1OC. The van der Waals surface area contributed by atoms with Crippen LogP contribution in [0.2, 0.25) is 0 Å². The van der Waals surface area contributed by atoms with Gasteiger partial charge >= 0.3 is 5.97 Å². The molecule has 1 aliphatic rings. The van der Waals surface area contributed by atoms with E-state index in [9.17, 15) is 9.59 Å². The van der Waals surface area contributed by atoms with Crippen LogP contribution in [0.4, 0.5) is 0 Å². The summed E-state index contributed by atoms with van der Waals surface area (Å²) < 4.78 is 21.2. The van der Waals surface area contributed by atoms with Crippen LogP contribution in [-0.4, -0.2) is 57.0 Å². The maximum Gasteiger partial charge on any atom is 0.343 e. The van der Waals surface area contributed by atoms with E-state index in [4.69, 9.17) is 14.2 Å². The number of methoxy groups -OCH3 is 2. The zero-order valence-electron chi connectivity index (χ0n) is 17.7. The molecule has 170 valence electrons. The number of thioether (sulfide) groups is 2. The van der Waals surface area contributed by atoms with Gasteiger partial charge in [0, 0.05) is 11.5 Å². The molecule has 0 atom stereocenters. The second-order valence-corrected chi connectivity index (χ2v) is 9.22. The normalized spacial score (nSPS) is 13.7. The van der Waals surface area contributed by atoms with Crippen LogP contribution in [0.1, 0.15) is 15.7 Å². The van der Waals surface area contributed by atoms with E-state index < -0.39 is 5.97 Å². The molecule has 0 spiro atoms. The molecule has 0 unspecified atom stereocenters. The van der Waals surface area contributed by atoms with Gasteiger partial charge in [0.1, 0.15) is 5.75 Å². The molecule has 1 heterocycles. The number of carbonyl (C=O) groups is 2. The quantitative estimate of drug-likeness (QED) is 0.317. The number of carbonyl (C=O) groups excluding carboxylic acids is 2. The monoisotopic (exact) mass is 476 g/mol. The van der Waals surface area contributed by atoms with E-state index >= 15 is 0 Å². The minimum absolute atomic E-state index is 0.146. The maximum atomic E-state index is 12.0. The average Bonchev–Trinajstić information content (AvgIpc) is 3.37. The first-order valence-corrected chi connectivity index (χ1v) is 11.8. The summed E-state index contributed by atoms with van der Waals surface area (Å²) in [4.78, 5) is 23.2. The third-order valence-corrected chi connectivity index (χ3v) is 7.41. The molecule has 0 saturated carbocycles.